The lowest BCUT2D eigenvalue weighted by Gasteiger charge is -2.25. The molecule has 1 atom stereocenters. The fraction of sp³-hybridized carbons (Fsp3) is 0.176. The Kier molecular flexibility index (Phi) is 5.37. The summed E-state index contributed by atoms with van der Waals surface area (Å²) in [5.74, 6) is -1.76. The predicted octanol–water partition coefficient (Wildman–Crippen LogP) is 4.03. The second-order valence-corrected chi connectivity index (χ2v) is 9.68. The van der Waals surface area contributed by atoms with Gasteiger partial charge in [-0.3, -0.25) is 4.79 Å². The first-order valence-corrected chi connectivity index (χ1v) is 10.5. The highest BCUT2D eigenvalue weighted by Gasteiger charge is 2.55. The maximum Gasteiger partial charge on any atom is 0.426 e. The van der Waals surface area contributed by atoms with Crippen LogP contribution in [0.1, 0.15) is 6.92 Å². The van der Waals surface area contributed by atoms with E-state index in [0.29, 0.717) is 17.1 Å². The van der Waals surface area contributed by atoms with Gasteiger partial charge in [-0.1, -0.05) is 23.7 Å². The van der Waals surface area contributed by atoms with Crippen molar-refractivity contribution in [2.75, 3.05) is 5.32 Å². The number of aliphatic hydroxyl groups is 1. The summed E-state index contributed by atoms with van der Waals surface area (Å²) in [6.45, 7) is 0.294. The van der Waals surface area contributed by atoms with Crippen LogP contribution in [0.25, 0.3) is 10.2 Å². The van der Waals surface area contributed by atoms with Crippen molar-refractivity contribution in [1.29, 1.82) is 0 Å². The summed E-state index contributed by atoms with van der Waals surface area (Å²) >= 11 is 6.91. The van der Waals surface area contributed by atoms with Gasteiger partial charge in [0.05, 0.1) is 25.8 Å². The molecule has 2 N–H and O–H groups in total. The molecule has 2 aromatic carbocycles. The molecule has 1 heterocycles. The number of amides is 1. The van der Waals surface area contributed by atoms with Gasteiger partial charge >= 0.3 is 6.18 Å². The van der Waals surface area contributed by atoms with E-state index in [1.807, 2.05) is 5.32 Å². The molecule has 0 aliphatic heterocycles. The van der Waals surface area contributed by atoms with Crippen LogP contribution in [0.15, 0.2) is 51.7 Å². The van der Waals surface area contributed by atoms with Gasteiger partial charge in [0, 0.05) is 0 Å². The Morgan fingerprint density at radius 2 is 1.86 bits per heavy atom. The molecule has 0 bridgehead atoms. The minimum absolute atomic E-state index is 0.174. The highest BCUT2D eigenvalue weighted by Crippen LogP contribution is 2.34. The molecule has 1 amide bonds. The molecule has 12 heteroatoms. The van der Waals surface area contributed by atoms with Crippen LogP contribution in [0.5, 0.6) is 0 Å². The number of nitrogens with zero attached hydrogens (tertiary/aromatic N) is 1. The summed E-state index contributed by atoms with van der Waals surface area (Å²) in [5, 5.41) is 10.9. The Morgan fingerprint density at radius 3 is 2.45 bits per heavy atom. The quantitative estimate of drug-likeness (QED) is 0.607. The van der Waals surface area contributed by atoms with Crippen LogP contribution in [0, 0.1) is 0 Å². The number of benzene rings is 2. The van der Waals surface area contributed by atoms with Crippen LogP contribution in [-0.4, -0.2) is 36.2 Å². The van der Waals surface area contributed by atoms with Gasteiger partial charge in [-0.25, -0.2) is 13.4 Å². The normalized spacial score (nSPS) is 14.6. The number of alkyl halides is 3. The zero-order valence-corrected chi connectivity index (χ0v) is 16.9. The second kappa shape index (κ2) is 7.24. The number of aromatic nitrogens is 1. The molecule has 1 aromatic heterocycles. The zero-order chi connectivity index (χ0) is 21.6. The maximum absolute atomic E-state index is 12.8. The van der Waals surface area contributed by atoms with Gasteiger partial charge in [0.1, 0.15) is 0 Å². The fourth-order valence-electron chi connectivity index (χ4n) is 2.20. The maximum atomic E-state index is 12.8. The van der Waals surface area contributed by atoms with Gasteiger partial charge in [-0.15, -0.1) is 11.3 Å². The molecular formula is C17H12ClF3N2O4S2. The molecule has 3 aromatic rings. The van der Waals surface area contributed by atoms with E-state index in [1.165, 1.54) is 0 Å². The highest BCUT2D eigenvalue weighted by atomic mass is 35.5. The van der Waals surface area contributed by atoms with Gasteiger partial charge in [0.25, 0.3) is 5.91 Å². The average Bonchev–Trinajstić information content (AvgIpc) is 3.07. The van der Waals surface area contributed by atoms with Crippen molar-refractivity contribution < 1.29 is 31.5 Å². The summed E-state index contributed by atoms with van der Waals surface area (Å²) in [6, 6.07) is 9.91. The Bertz CT molecular complexity index is 1170. The van der Waals surface area contributed by atoms with Crippen LogP contribution in [0.4, 0.5) is 18.9 Å². The minimum atomic E-state index is -5.21. The summed E-state index contributed by atoms with van der Waals surface area (Å²) in [5.41, 5.74) is -3.44. The Morgan fingerprint density at radius 1 is 1.21 bits per heavy atom. The molecule has 0 saturated heterocycles. The summed E-state index contributed by atoms with van der Waals surface area (Å²) in [4.78, 5) is 15.6. The van der Waals surface area contributed by atoms with E-state index in [4.69, 9.17) is 11.6 Å². The van der Waals surface area contributed by atoms with Crippen molar-refractivity contribution in [3.8, 4) is 0 Å². The van der Waals surface area contributed by atoms with Crippen LogP contribution in [0.2, 0.25) is 5.02 Å². The van der Waals surface area contributed by atoms with Crippen LogP contribution < -0.4 is 5.32 Å². The highest BCUT2D eigenvalue weighted by molar-refractivity contribution is 7.93. The number of nitrogens with one attached hydrogen (secondary N) is 1. The van der Waals surface area contributed by atoms with Gasteiger partial charge in [-0.2, -0.15) is 13.2 Å². The third-order valence-electron chi connectivity index (χ3n) is 4.00. The number of fused-ring (bicyclic) bond motifs is 1. The number of anilines is 1. The SMILES string of the molecule is C[C@@](O)(C(=O)Nc1ccc(S(=O)(=O)c2nc3ccccc3s2)cc1Cl)C(F)(F)F. The lowest BCUT2D eigenvalue weighted by molar-refractivity contribution is -0.242. The van der Waals surface area contributed by atoms with E-state index in [0.717, 1.165) is 29.5 Å². The number of carbonyl (C=O) groups is 1. The van der Waals surface area contributed by atoms with Crippen molar-refractivity contribution in [1.82, 2.24) is 4.98 Å². The molecular weight excluding hydrogens is 453 g/mol. The van der Waals surface area contributed by atoms with Crippen molar-refractivity contribution in [3.63, 3.8) is 0 Å². The molecule has 0 saturated carbocycles. The number of thiazole rings is 1. The number of hydrogen-bond donors (Lipinski definition) is 2. The van der Waals surface area contributed by atoms with Gasteiger partial charge in [0.2, 0.25) is 19.8 Å². The minimum Gasteiger partial charge on any atom is -0.373 e. The summed E-state index contributed by atoms with van der Waals surface area (Å²) in [6.07, 6.45) is -5.21. The van der Waals surface area contributed by atoms with Crippen LogP contribution in [-0.2, 0) is 14.6 Å². The van der Waals surface area contributed by atoms with E-state index < -0.39 is 27.5 Å². The van der Waals surface area contributed by atoms with Crippen molar-refractivity contribution in [3.05, 3.63) is 47.5 Å². The molecule has 3 rings (SSSR count). The second-order valence-electron chi connectivity index (χ2n) is 6.12. The number of hydrogen-bond acceptors (Lipinski definition) is 6. The van der Waals surface area contributed by atoms with Crippen LogP contribution >= 0.6 is 22.9 Å². The third-order valence-corrected chi connectivity index (χ3v) is 7.47. The summed E-state index contributed by atoms with van der Waals surface area (Å²) < 4.78 is 64.3. The van der Waals surface area contributed by atoms with Gasteiger partial charge < -0.3 is 10.4 Å². The molecule has 0 aliphatic carbocycles. The number of halogens is 4. The molecule has 6 nitrogen and oxygen atoms in total. The number of sulfone groups is 1. The Balaban J connectivity index is 1.92. The van der Waals surface area contributed by atoms with E-state index >= 15 is 0 Å². The van der Waals surface area contributed by atoms with Crippen LogP contribution in [0.3, 0.4) is 0 Å². The van der Waals surface area contributed by atoms with Crippen molar-refractivity contribution in [2.45, 2.75) is 27.9 Å². The molecule has 0 aliphatic rings. The monoisotopic (exact) mass is 464 g/mol. The smallest absolute Gasteiger partial charge is 0.373 e. The number of para-hydroxylation sites is 1. The first kappa shape index (κ1) is 21.5. The molecule has 0 unspecified atom stereocenters. The zero-order valence-electron chi connectivity index (χ0n) is 14.5. The number of carbonyl (C=O) groups excluding carboxylic acids is 1. The summed E-state index contributed by atoms with van der Waals surface area (Å²) in [7, 11) is -4.04. The molecule has 29 heavy (non-hydrogen) atoms. The first-order valence-electron chi connectivity index (χ1n) is 7.85. The lowest BCUT2D eigenvalue weighted by atomic mass is 10.1. The predicted molar refractivity (Wildman–Crippen MR) is 102 cm³/mol. The standard InChI is InChI=1S/C17H12ClF3N2O4S2/c1-16(25,17(19,20)21)14(24)22-11-7-6-9(8-10(11)18)29(26,27)15-23-12-4-2-3-5-13(12)28-15/h2-8,25H,1H3,(H,22,24)/t16-/m1/s1. The van der Waals surface area contributed by atoms with E-state index in [-0.39, 0.29) is 19.9 Å². The van der Waals surface area contributed by atoms with E-state index in [1.54, 1.807) is 24.3 Å². The fourth-order valence-corrected chi connectivity index (χ4v) is 5.13. The lowest BCUT2D eigenvalue weighted by Crippen LogP contribution is -2.52. The van der Waals surface area contributed by atoms with Gasteiger partial charge in [0.15, 0.2) is 0 Å². The Labute approximate surface area is 171 Å². The van der Waals surface area contributed by atoms with Crippen molar-refractivity contribution >= 4 is 54.6 Å². The van der Waals surface area contributed by atoms with Gasteiger partial charge in [-0.05, 0) is 37.3 Å². The number of rotatable bonds is 4. The molecule has 0 fully saturated rings. The Hall–Kier alpha value is -2.21. The molecule has 0 radical (unpaired) electrons. The average molecular weight is 465 g/mol. The van der Waals surface area contributed by atoms with E-state index in [9.17, 15) is 31.5 Å². The first-order chi connectivity index (χ1) is 13.3. The van der Waals surface area contributed by atoms with Crippen molar-refractivity contribution in [2.24, 2.45) is 0 Å². The topological polar surface area (TPSA) is 96.4 Å². The van der Waals surface area contributed by atoms with E-state index in [2.05, 4.69) is 4.98 Å². The largest absolute Gasteiger partial charge is 0.426 e. The molecule has 154 valence electrons. The third kappa shape index (κ3) is 3.95. The molecule has 0 spiro atoms.